The third-order valence-electron chi connectivity index (χ3n) is 6.94. The quantitative estimate of drug-likeness (QED) is 0.225. The van der Waals surface area contributed by atoms with E-state index in [1.807, 2.05) is 35.1 Å². The van der Waals surface area contributed by atoms with Gasteiger partial charge in [0.15, 0.2) is 0 Å². The molecule has 11 heteroatoms. The van der Waals surface area contributed by atoms with E-state index in [-0.39, 0.29) is 11.7 Å². The highest BCUT2D eigenvalue weighted by Crippen LogP contribution is 2.31. The van der Waals surface area contributed by atoms with E-state index in [4.69, 9.17) is 10.5 Å². The Balaban J connectivity index is 1.43. The fourth-order valence-electron chi connectivity index (χ4n) is 4.80. The molecule has 2 aromatic carbocycles. The molecule has 2 amide bonds. The molecule has 10 nitrogen and oxygen atoms in total. The van der Waals surface area contributed by atoms with Gasteiger partial charge in [-0.15, -0.1) is 0 Å². The third-order valence-corrected chi connectivity index (χ3v) is 8.10. The number of carbonyl (C=O) groups excluding carboxylic acids is 2. The minimum Gasteiger partial charge on any atom is -0.490 e. The zero-order chi connectivity index (χ0) is 29.2. The molecule has 218 valence electrons. The first-order valence-electron chi connectivity index (χ1n) is 13.7. The van der Waals surface area contributed by atoms with Crippen LogP contribution in [0.2, 0.25) is 0 Å². The van der Waals surface area contributed by atoms with Gasteiger partial charge in [0.1, 0.15) is 11.5 Å². The zero-order valence-corrected chi connectivity index (χ0v) is 23.6. The Bertz CT molecular complexity index is 1430. The van der Waals surface area contributed by atoms with Crippen molar-refractivity contribution in [2.75, 3.05) is 18.8 Å². The lowest BCUT2D eigenvalue weighted by atomic mass is 9.97. The molecule has 5 N–H and O–H groups in total. The summed E-state index contributed by atoms with van der Waals surface area (Å²) in [5.41, 5.74) is 8.69. The fourth-order valence-corrected chi connectivity index (χ4v) is 5.63. The lowest BCUT2D eigenvalue weighted by Crippen LogP contribution is -2.37. The van der Waals surface area contributed by atoms with Gasteiger partial charge in [-0.1, -0.05) is 42.8 Å². The first kappa shape index (κ1) is 30.2. The lowest BCUT2D eigenvalue weighted by Gasteiger charge is -2.24. The van der Waals surface area contributed by atoms with E-state index in [0.717, 1.165) is 60.8 Å². The monoisotopic (exact) mass is 580 g/mol. The highest BCUT2D eigenvalue weighted by atomic mass is 32.2. The normalized spacial score (nSPS) is 14.8. The Labute approximate surface area is 240 Å². The molecule has 1 heterocycles. The molecular formula is C30H36N4O6S. The molecule has 4 rings (SSSR count). The van der Waals surface area contributed by atoms with E-state index >= 15 is 0 Å². The van der Waals surface area contributed by atoms with Gasteiger partial charge in [0.25, 0.3) is 5.91 Å². The maximum atomic E-state index is 12.9. The highest BCUT2D eigenvalue weighted by Gasteiger charge is 2.24. The van der Waals surface area contributed by atoms with Crippen molar-refractivity contribution in [3.8, 4) is 16.9 Å². The van der Waals surface area contributed by atoms with Gasteiger partial charge >= 0.3 is 0 Å². The van der Waals surface area contributed by atoms with Gasteiger partial charge in [0.2, 0.25) is 15.9 Å². The van der Waals surface area contributed by atoms with E-state index in [9.17, 15) is 23.1 Å². The number of nitrogens with one attached hydrogen (secondary N) is 2. The van der Waals surface area contributed by atoms with Gasteiger partial charge in [-0.3, -0.25) is 14.6 Å². The predicted molar refractivity (Wildman–Crippen MR) is 156 cm³/mol. The standard InChI is InChI=1S/C30H36N4O6S/c31-29(36)20-41(38,39)34-30(37)26-13-12-23(17-28(26)40-25-6-2-1-3-7-25)22-10-8-21(9-11-22)14-16-33-19-27(35)24-5-4-15-32-18-24/h4-5,8-13,15,17-18,25,27,33,35H,1-3,6-7,14,16,19-20H2,(H2,31,36)(H,34,37)/t27-/m1/s1. The molecule has 0 unspecified atom stereocenters. The molecule has 1 aliphatic carbocycles. The molecule has 1 atom stereocenters. The number of aliphatic hydroxyl groups excluding tert-OH is 1. The summed E-state index contributed by atoms with van der Waals surface area (Å²) >= 11 is 0. The van der Waals surface area contributed by atoms with Gasteiger partial charge in [0.05, 0.1) is 17.8 Å². The summed E-state index contributed by atoms with van der Waals surface area (Å²) in [6.07, 6.45) is 8.30. The van der Waals surface area contributed by atoms with Crippen LogP contribution in [-0.2, 0) is 21.2 Å². The highest BCUT2D eigenvalue weighted by molar-refractivity contribution is 7.90. The summed E-state index contributed by atoms with van der Waals surface area (Å²) in [6.45, 7) is 1.12. The molecule has 41 heavy (non-hydrogen) atoms. The van der Waals surface area contributed by atoms with Gasteiger partial charge in [-0.05, 0) is 73.5 Å². The van der Waals surface area contributed by atoms with Crippen LogP contribution in [0.3, 0.4) is 0 Å². The number of rotatable bonds is 13. The summed E-state index contributed by atoms with van der Waals surface area (Å²) in [7, 11) is -4.23. The molecule has 0 radical (unpaired) electrons. The van der Waals surface area contributed by atoms with Crippen LogP contribution >= 0.6 is 0 Å². The van der Waals surface area contributed by atoms with Crippen molar-refractivity contribution in [1.29, 1.82) is 0 Å². The molecule has 1 fully saturated rings. The van der Waals surface area contributed by atoms with Gasteiger partial charge in [-0.25, -0.2) is 13.1 Å². The predicted octanol–water partition coefficient (Wildman–Crippen LogP) is 2.87. The summed E-state index contributed by atoms with van der Waals surface area (Å²) in [4.78, 5) is 28.0. The van der Waals surface area contributed by atoms with Crippen LogP contribution in [0.4, 0.5) is 0 Å². The molecule has 3 aromatic rings. The molecule has 0 spiro atoms. The van der Waals surface area contributed by atoms with Crippen molar-refractivity contribution in [2.45, 2.75) is 50.7 Å². The summed E-state index contributed by atoms with van der Waals surface area (Å²) in [5, 5.41) is 13.5. The van der Waals surface area contributed by atoms with Crippen LogP contribution in [0.15, 0.2) is 67.0 Å². The Morgan fingerprint density at radius 3 is 2.46 bits per heavy atom. The van der Waals surface area contributed by atoms with Crippen LogP contribution in [0.25, 0.3) is 11.1 Å². The van der Waals surface area contributed by atoms with Crippen LogP contribution in [-0.4, -0.2) is 55.3 Å². The van der Waals surface area contributed by atoms with Gasteiger partial charge < -0.3 is 20.9 Å². The minimum atomic E-state index is -4.23. The summed E-state index contributed by atoms with van der Waals surface area (Å²) in [6, 6.07) is 16.7. The van der Waals surface area contributed by atoms with Crippen LogP contribution in [0.5, 0.6) is 5.75 Å². The minimum absolute atomic E-state index is 0.0701. The maximum Gasteiger partial charge on any atom is 0.268 e. The lowest BCUT2D eigenvalue weighted by molar-refractivity contribution is -0.115. The van der Waals surface area contributed by atoms with E-state index < -0.39 is 33.7 Å². The van der Waals surface area contributed by atoms with Crippen molar-refractivity contribution in [1.82, 2.24) is 15.0 Å². The SMILES string of the molecule is NC(=O)CS(=O)(=O)NC(=O)c1ccc(-c2ccc(CCNC[C@@H](O)c3cccnc3)cc2)cc1OC1CCCCC1. The first-order valence-corrected chi connectivity index (χ1v) is 15.4. The Kier molecular flexibility index (Phi) is 10.4. The number of pyridine rings is 1. The Hall–Kier alpha value is -3.80. The Morgan fingerprint density at radius 2 is 1.78 bits per heavy atom. The maximum absolute atomic E-state index is 12.9. The average molecular weight is 581 g/mol. The number of benzene rings is 2. The molecule has 0 bridgehead atoms. The number of aliphatic hydroxyl groups is 1. The number of carbonyl (C=O) groups is 2. The first-order chi connectivity index (χ1) is 19.7. The van der Waals surface area contributed by atoms with Gasteiger partial charge in [0, 0.05) is 24.5 Å². The van der Waals surface area contributed by atoms with Crippen molar-refractivity contribution in [3.63, 3.8) is 0 Å². The molecule has 0 aliphatic heterocycles. The van der Waals surface area contributed by atoms with Gasteiger partial charge in [-0.2, -0.15) is 0 Å². The second-order valence-electron chi connectivity index (χ2n) is 10.2. The number of nitrogens with zero attached hydrogens (tertiary/aromatic N) is 1. The molecule has 1 aromatic heterocycles. The number of amides is 2. The van der Waals surface area contributed by atoms with Crippen LogP contribution in [0.1, 0.15) is 59.7 Å². The number of ether oxygens (including phenoxy) is 1. The largest absolute Gasteiger partial charge is 0.490 e. The van der Waals surface area contributed by atoms with Crippen LogP contribution in [0, 0.1) is 0 Å². The molecule has 1 saturated carbocycles. The molecule has 1 aliphatic rings. The van der Waals surface area contributed by atoms with E-state index in [2.05, 4.69) is 10.3 Å². The van der Waals surface area contributed by atoms with Crippen molar-refractivity contribution < 1.29 is 27.9 Å². The smallest absolute Gasteiger partial charge is 0.268 e. The molecule has 0 saturated heterocycles. The Morgan fingerprint density at radius 1 is 1.05 bits per heavy atom. The number of sulfonamides is 1. The second-order valence-corrected chi connectivity index (χ2v) is 11.9. The summed E-state index contributed by atoms with van der Waals surface area (Å²) < 4.78 is 32.4. The van der Waals surface area contributed by atoms with E-state index in [1.54, 1.807) is 30.6 Å². The fraction of sp³-hybridized carbons (Fsp3) is 0.367. The molecular weight excluding hydrogens is 544 g/mol. The number of hydrogen-bond donors (Lipinski definition) is 4. The van der Waals surface area contributed by atoms with E-state index in [1.165, 1.54) is 6.07 Å². The average Bonchev–Trinajstić information content (AvgIpc) is 2.95. The number of primary amides is 1. The van der Waals surface area contributed by atoms with Crippen LogP contribution < -0.4 is 20.5 Å². The number of nitrogens with two attached hydrogens (primary N) is 1. The van der Waals surface area contributed by atoms with Crippen molar-refractivity contribution >= 4 is 21.8 Å². The number of aromatic nitrogens is 1. The zero-order valence-electron chi connectivity index (χ0n) is 22.8. The topological polar surface area (TPSA) is 161 Å². The second kappa shape index (κ2) is 14.2. The van der Waals surface area contributed by atoms with Crippen molar-refractivity contribution in [2.24, 2.45) is 5.73 Å². The number of hydrogen-bond acceptors (Lipinski definition) is 8. The van der Waals surface area contributed by atoms with Crippen molar-refractivity contribution in [3.05, 3.63) is 83.7 Å². The van der Waals surface area contributed by atoms with E-state index in [0.29, 0.717) is 18.8 Å². The summed E-state index contributed by atoms with van der Waals surface area (Å²) in [5.74, 6) is -2.62. The third kappa shape index (κ3) is 9.10.